The number of hydrogen-bond acceptors (Lipinski definition) is 4. The second-order valence-corrected chi connectivity index (χ2v) is 6.52. The molecule has 1 amide bonds. The van der Waals surface area contributed by atoms with Crippen molar-refractivity contribution in [3.63, 3.8) is 0 Å². The van der Waals surface area contributed by atoms with Crippen molar-refractivity contribution in [3.8, 4) is 5.75 Å². The van der Waals surface area contributed by atoms with Gasteiger partial charge in [0.05, 0.1) is 11.0 Å². The largest absolute Gasteiger partial charge is 0.490 e. The first-order valence-electron chi connectivity index (χ1n) is 8.90. The van der Waals surface area contributed by atoms with Crippen LogP contribution < -0.4 is 10.1 Å². The van der Waals surface area contributed by atoms with Gasteiger partial charge in [0.2, 0.25) is 5.91 Å². The SMILES string of the molecule is O=C(CCc1cccc(OC2CCCC2)c1)Nc1ccc([N+](=O)[O-])cc1. The molecule has 0 heterocycles. The second kappa shape index (κ2) is 8.47. The topological polar surface area (TPSA) is 81.5 Å². The van der Waals surface area contributed by atoms with E-state index in [1.165, 1.54) is 37.1 Å². The molecule has 0 aromatic heterocycles. The number of ether oxygens (including phenoxy) is 1. The molecule has 2 aromatic carbocycles. The molecule has 1 N–H and O–H groups in total. The summed E-state index contributed by atoms with van der Waals surface area (Å²) in [6, 6.07) is 13.7. The zero-order valence-electron chi connectivity index (χ0n) is 14.5. The Bertz CT molecular complexity index is 768. The molecule has 1 aliphatic carbocycles. The van der Waals surface area contributed by atoms with Gasteiger partial charge in [-0.1, -0.05) is 12.1 Å². The normalized spacial score (nSPS) is 14.2. The summed E-state index contributed by atoms with van der Waals surface area (Å²) < 4.78 is 5.99. The highest BCUT2D eigenvalue weighted by molar-refractivity contribution is 5.90. The quantitative estimate of drug-likeness (QED) is 0.587. The Morgan fingerprint density at radius 1 is 1.15 bits per heavy atom. The summed E-state index contributed by atoms with van der Waals surface area (Å²) in [5.41, 5.74) is 1.61. The molecule has 0 spiro atoms. The summed E-state index contributed by atoms with van der Waals surface area (Å²) in [6.07, 6.45) is 5.95. The Balaban J connectivity index is 1.50. The van der Waals surface area contributed by atoms with Crippen molar-refractivity contribution < 1.29 is 14.5 Å². The highest BCUT2D eigenvalue weighted by atomic mass is 16.6. The molecule has 1 aliphatic rings. The number of nitrogens with zero attached hydrogens (tertiary/aromatic N) is 1. The average molecular weight is 354 g/mol. The van der Waals surface area contributed by atoms with Gasteiger partial charge < -0.3 is 10.1 Å². The van der Waals surface area contributed by atoms with Crippen molar-refractivity contribution in [1.82, 2.24) is 0 Å². The van der Waals surface area contributed by atoms with Gasteiger partial charge in [-0.05, 0) is 61.9 Å². The molecule has 2 aromatic rings. The fourth-order valence-corrected chi connectivity index (χ4v) is 3.12. The van der Waals surface area contributed by atoms with E-state index in [1.54, 1.807) is 0 Å². The first-order chi connectivity index (χ1) is 12.6. The van der Waals surface area contributed by atoms with Gasteiger partial charge in [-0.3, -0.25) is 14.9 Å². The van der Waals surface area contributed by atoms with E-state index in [1.807, 2.05) is 24.3 Å². The fraction of sp³-hybridized carbons (Fsp3) is 0.350. The molecule has 0 radical (unpaired) electrons. The Labute approximate surface area is 152 Å². The molecule has 1 fully saturated rings. The van der Waals surface area contributed by atoms with Crippen LogP contribution >= 0.6 is 0 Å². The van der Waals surface area contributed by atoms with Crippen molar-refractivity contribution in [2.75, 3.05) is 5.32 Å². The van der Waals surface area contributed by atoms with E-state index in [-0.39, 0.29) is 11.6 Å². The summed E-state index contributed by atoms with van der Waals surface area (Å²) in [4.78, 5) is 22.3. The van der Waals surface area contributed by atoms with E-state index in [4.69, 9.17) is 4.74 Å². The van der Waals surface area contributed by atoms with Crippen molar-refractivity contribution in [2.24, 2.45) is 0 Å². The predicted octanol–water partition coefficient (Wildman–Crippen LogP) is 4.49. The van der Waals surface area contributed by atoms with Crippen LogP contribution in [-0.2, 0) is 11.2 Å². The van der Waals surface area contributed by atoms with Crippen LogP contribution in [0.2, 0.25) is 0 Å². The third-order valence-corrected chi connectivity index (χ3v) is 4.51. The Morgan fingerprint density at radius 2 is 1.88 bits per heavy atom. The lowest BCUT2D eigenvalue weighted by molar-refractivity contribution is -0.384. The predicted molar refractivity (Wildman–Crippen MR) is 99.4 cm³/mol. The third kappa shape index (κ3) is 5.05. The fourth-order valence-electron chi connectivity index (χ4n) is 3.12. The minimum atomic E-state index is -0.466. The summed E-state index contributed by atoms with van der Waals surface area (Å²) in [6.45, 7) is 0. The van der Waals surface area contributed by atoms with Crippen molar-refractivity contribution in [2.45, 2.75) is 44.6 Å². The number of anilines is 1. The molecule has 1 saturated carbocycles. The van der Waals surface area contributed by atoms with E-state index in [0.29, 0.717) is 24.6 Å². The molecule has 0 unspecified atom stereocenters. The number of aryl methyl sites for hydroxylation is 1. The van der Waals surface area contributed by atoms with Crippen molar-refractivity contribution >= 4 is 17.3 Å². The number of amides is 1. The Morgan fingerprint density at radius 3 is 2.58 bits per heavy atom. The molecule has 0 saturated heterocycles. The number of nitro groups is 1. The first kappa shape index (κ1) is 17.9. The maximum Gasteiger partial charge on any atom is 0.269 e. The number of rotatable bonds is 7. The highest BCUT2D eigenvalue weighted by Crippen LogP contribution is 2.25. The molecule has 0 aliphatic heterocycles. The molecule has 6 nitrogen and oxygen atoms in total. The van der Waals surface area contributed by atoms with Gasteiger partial charge in [-0.2, -0.15) is 0 Å². The van der Waals surface area contributed by atoms with Gasteiger partial charge in [-0.25, -0.2) is 0 Å². The summed E-state index contributed by atoms with van der Waals surface area (Å²) in [5.74, 6) is 0.742. The first-order valence-corrected chi connectivity index (χ1v) is 8.90. The van der Waals surface area contributed by atoms with E-state index in [9.17, 15) is 14.9 Å². The molecule has 6 heteroatoms. The number of carbonyl (C=O) groups excluding carboxylic acids is 1. The number of nitro benzene ring substituents is 1. The maximum atomic E-state index is 12.1. The number of carbonyl (C=O) groups is 1. The minimum Gasteiger partial charge on any atom is -0.490 e. The maximum absolute atomic E-state index is 12.1. The van der Waals surface area contributed by atoms with Crippen LogP contribution in [0, 0.1) is 10.1 Å². The van der Waals surface area contributed by atoms with Crippen LogP contribution in [0.4, 0.5) is 11.4 Å². The van der Waals surface area contributed by atoms with Gasteiger partial charge in [-0.15, -0.1) is 0 Å². The van der Waals surface area contributed by atoms with Crippen LogP contribution in [0.15, 0.2) is 48.5 Å². The van der Waals surface area contributed by atoms with Crippen LogP contribution in [-0.4, -0.2) is 16.9 Å². The van der Waals surface area contributed by atoms with E-state index in [2.05, 4.69) is 5.32 Å². The lowest BCUT2D eigenvalue weighted by Crippen LogP contribution is -2.13. The van der Waals surface area contributed by atoms with Crippen LogP contribution in [0.1, 0.15) is 37.7 Å². The number of non-ortho nitro benzene ring substituents is 1. The molecule has 26 heavy (non-hydrogen) atoms. The summed E-state index contributed by atoms with van der Waals surface area (Å²) in [7, 11) is 0. The molecule has 0 atom stereocenters. The molecule has 136 valence electrons. The third-order valence-electron chi connectivity index (χ3n) is 4.51. The standard InChI is InChI=1S/C20H22N2O4/c23-20(21-16-9-11-17(12-10-16)22(24)25)13-8-15-4-3-7-19(14-15)26-18-5-1-2-6-18/h3-4,7,9-12,14,18H,1-2,5-6,8,13H2,(H,21,23). The van der Waals surface area contributed by atoms with E-state index in [0.717, 1.165) is 24.2 Å². The average Bonchev–Trinajstić information content (AvgIpc) is 3.14. The summed E-state index contributed by atoms with van der Waals surface area (Å²) in [5, 5.41) is 13.4. The van der Waals surface area contributed by atoms with Crippen molar-refractivity contribution in [1.29, 1.82) is 0 Å². The van der Waals surface area contributed by atoms with Crippen LogP contribution in [0.3, 0.4) is 0 Å². The van der Waals surface area contributed by atoms with Crippen molar-refractivity contribution in [3.05, 3.63) is 64.2 Å². The minimum absolute atomic E-state index is 0.00192. The lowest BCUT2D eigenvalue weighted by atomic mass is 10.1. The zero-order chi connectivity index (χ0) is 18.4. The Hall–Kier alpha value is -2.89. The smallest absolute Gasteiger partial charge is 0.269 e. The van der Waals surface area contributed by atoms with E-state index < -0.39 is 4.92 Å². The number of benzene rings is 2. The molecule has 0 bridgehead atoms. The summed E-state index contributed by atoms with van der Waals surface area (Å²) >= 11 is 0. The highest BCUT2D eigenvalue weighted by Gasteiger charge is 2.16. The van der Waals surface area contributed by atoms with Gasteiger partial charge >= 0.3 is 0 Å². The van der Waals surface area contributed by atoms with Gasteiger partial charge in [0.15, 0.2) is 0 Å². The monoisotopic (exact) mass is 354 g/mol. The van der Waals surface area contributed by atoms with Crippen LogP contribution in [0.5, 0.6) is 5.75 Å². The van der Waals surface area contributed by atoms with Gasteiger partial charge in [0.25, 0.3) is 5.69 Å². The van der Waals surface area contributed by atoms with Crippen LogP contribution in [0.25, 0.3) is 0 Å². The second-order valence-electron chi connectivity index (χ2n) is 6.52. The molecular weight excluding hydrogens is 332 g/mol. The molecular formula is C20H22N2O4. The molecule has 3 rings (SSSR count). The lowest BCUT2D eigenvalue weighted by Gasteiger charge is -2.13. The van der Waals surface area contributed by atoms with E-state index >= 15 is 0 Å². The van der Waals surface area contributed by atoms with Gasteiger partial charge in [0.1, 0.15) is 5.75 Å². The Kier molecular flexibility index (Phi) is 5.84. The van der Waals surface area contributed by atoms with Gasteiger partial charge in [0, 0.05) is 24.2 Å². The number of nitrogens with one attached hydrogen (secondary N) is 1. The number of hydrogen-bond donors (Lipinski definition) is 1. The zero-order valence-corrected chi connectivity index (χ0v) is 14.5.